The van der Waals surface area contributed by atoms with Crippen LogP contribution in [-0.2, 0) is 16.0 Å². The largest absolute Gasteiger partial charge is 0.494 e. The first kappa shape index (κ1) is 17.6. The molecule has 6 nitrogen and oxygen atoms in total. The maximum Gasteiger partial charge on any atom is 0.226 e. The third-order valence-electron chi connectivity index (χ3n) is 4.72. The molecule has 0 radical (unpaired) electrons. The molecule has 1 atom stereocenters. The van der Waals surface area contributed by atoms with Crippen molar-refractivity contribution < 1.29 is 19.1 Å². The van der Waals surface area contributed by atoms with E-state index < -0.39 is 0 Å². The molecule has 2 aliphatic rings. The quantitative estimate of drug-likeness (QED) is 0.852. The van der Waals surface area contributed by atoms with Crippen molar-refractivity contribution in [3.05, 3.63) is 23.8 Å². The molecule has 1 aromatic rings. The molecule has 1 unspecified atom stereocenters. The Morgan fingerprint density at radius 1 is 1.32 bits per heavy atom. The number of carbonyl (C=O) groups excluding carboxylic acids is 2. The van der Waals surface area contributed by atoms with Crippen molar-refractivity contribution in [1.82, 2.24) is 10.2 Å². The van der Waals surface area contributed by atoms with Crippen molar-refractivity contribution in [1.29, 1.82) is 0 Å². The van der Waals surface area contributed by atoms with Gasteiger partial charge in [0.25, 0.3) is 0 Å². The van der Waals surface area contributed by atoms with E-state index in [9.17, 15) is 9.59 Å². The maximum absolute atomic E-state index is 12.4. The van der Waals surface area contributed by atoms with Gasteiger partial charge in [-0.15, -0.1) is 0 Å². The van der Waals surface area contributed by atoms with Gasteiger partial charge in [0.2, 0.25) is 11.8 Å². The Morgan fingerprint density at radius 2 is 2.12 bits per heavy atom. The number of fused-ring (bicyclic) bond motifs is 1. The summed E-state index contributed by atoms with van der Waals surface area (Å²) in [6.07, 6.45) is 3.16. The molecule has 2 heterocycles. The van der Waals surface area contributed by atoms with Crippen LogP contribution < -0.4 is 14.8 Å². The molecular formula is C19H26N2O4. The molecule has 2 aliphatic heterocycles. The number of likely N-dealkylation sites (tertiary alicyclic amines) is 1. The fourth-order valence-electron chi connectivity index (χ4n) is 3.36. The molecule has 0 aromatic heterocycles. The first-order valence-electron chi connectivity index (χ1n) is 9.11. The summed E-state index contributed by atoms with van der Waals surface area (Å²) in [7, 11) is 0. The molecule has 3 rings (SSSR count). The first-order valence-corrected chi connectivity index (χ1v) is 9.11. The predicted molar refractivity (Wildman–Crippen MR) is 93.7 cm³/mol. The van der Waals surface area contributed by atoms with E-state index in [0.29, 0.717) is 32.6 Å². The fraction of sp³-hybridized carbons (Fsp3) is 0.579. The standard InChI is InChI=1S/C19H26N2O4/c1-2-24-16-5-6-17-14(12-16)11-15(13-25-17)19(23)20-8-7-18(22)21-9-3-4-10-21/h5-6,12,15H,2-4,7-11,13H2,1H3,(H,20,23). The molecule has 25 heavy (non-hydrogen) atoms. The second-order valence-corrected chi connectivity index (χ2v) is 6.54. The highest BCUT2D eigenvalue weighted by Crippen LogP contribution is 2.30. The Morgan fingerprint density at radius 3 is 2.88 bits per heavy atom. The predicted octanol–water partition coefficient (Wildman–Crippen LogP) is 1.77. The maximum atomic E-state index is 12.4. The van der Waals surface area contributed by atoms with Crippen molar-refractivity contribution in [3.63, 3.8) is 0 Å². The number of amides is 2. The van der Waals surface area contributed by atoms with Crippen LogP contribution in [0.4, 0.5) is 0 Å². The number of hydrogen-bond acceptors (Lipinski definition) is 4. The SMILES string of the molecule is CCOc1ccc2c(c1)CC(C(=O)NCCC(=O)N1CCCC1)CO2. The van der Waals surface area contributed by atoms with Gasteiger partial charge in [-0.05, 0) is 49.9 Å². The van der Waals surface area contributed by atoms with Gasteiger partial charge < -0.3 is 19.7 Å². The minimum atomic E-state index is -0.230. The lowest BCUT2D eigenvalue weighted by Crippen LogP contribution is -2.39. The van der Waals surface area contributed by atoms with Gasteiger partial charge in [0, 0.05) is 26.1 Å². The summed E-state index contributed by atoms with van der Waals surface area (Å²) in [5.41, 5.74) is 0.991. The zero-order chi connectivity index (χ0) is 17.6. The summed E-state index contributed by atoms with van der Waals surface area (Å²) in [6.45, 7) is 5.00. The molecule has 0 aliphatic carbocycles. The summed E-state index contributed by atoms with van der Waals surface area (Å²) >= 11 is 0. The van der Waals surface area contributed by atoms with E-state index in [2.05, 4.69) is 5.32 Å². The number of benzene rings is 1. The van der Waals surface area contributed by atoms with Crippen molar-refractivity contribution in [2.75, 3.05) is 32.8 Å². The van der Waals surface area contributed by atoms with Crippen LogP contribution in [0, 0.1) is 5.92 Å². The van der Waals surface area contributed by atoms with E-state index in [1.807, 2.05) is 30.0 Å². The van der Waals surface area contributed by atoms with Crippen molar-refractivity contribution >= 4 is 11.8 Å². The van der Waals surface area contributed by atoms with E-state index in [1.54, 1.807) is 0 Å². The second-order valence-electron chi connectivity index (χ2n) is 6.54. The van der Waals surface area contributed by atoms with Crippen LogP contribution >= 0.6 is 0 Å². The number of carbonyl (C=O) groups is 2. The third-order valence-corrected chi connectivity index (χ3v) is 4.72. The normalized spacial score (nSPS) is 19.1. The molecule has 6 heteroatoms. The molecule has 0 saturated carbocycles. The molecule has 1 aromatic carbocycles. The average molecular weight is 346 g/mol. The summed E-state index contributed by atoms with van der Waals surface area (Å²) in [4.78, 5) is 26.3. The smallest absolute Gasteiger partial charge is 0.226 e. The van der Waals surface area contributed by atoms with Gasteiger partial charge in [0.1, 0.15) is 18.1 Å². The number of ether oxygens (including phenoxy) is 2. The van der Waals surface area contributed by atoms with Crippen molar-refractivity contribution in [3.8, 4) is 11.5 Å². The summed E-state index contributed by atoms with van der Waals surface area (Å²) in [6, 6.07) is 5.71. The van der Waals surface area contributed by atoms with Crippen molar-refractivity contribution in [2.24, 2.45) is 5.92 Å². The molecule has 1 N–H and O–H groups in total. The molecule has 2 amide bonds. The molecule has 1 fully saturated rings. The Kier molecular flexibility index (Phi) is 5.79. The van der Waals surface area contributed by atoms with Gasteiger partial charge in [-0.3, -0.25) is 9.59 Å². The monoisotopic (exact) mass is 346 g/mol. The van der Waals surface area contributed by atoms with Crippen LogP contribution in [0.2, 0.25) is 0 Å². The van der Waals surface area contributed by atoms with E-state index >= 15 is 0 Å². The fourth-order valence-corrected chi connectivity index (χ4v) is 3.36. The van der Waals surface area contributed by atoms with Crippen LogP contribution in [0.15, 0.2) is 18.2 Å². The molecule has 136 valence electrons. The van der Waals surface area contributed by atoms with Crippen LogP contribution in [0.25, 0.3) is 0 Å². The molecule has 1 saturated heterocycles. The lowest BCUT2D eigenvalue weighted by atomic mass is 9.96. The van der Waals surface area contributed by atoms with Gasteiger partial charge in [-0.1, -0.05) is 0 Å². The summed E-state index contributed by atoms with van der Waals surface area (Å²) in [5.74, 6) is 1.45. The van der Waals surface area contributed by atoms with Gasteiger partial charge in [0.15, 0.2) is 0 Å². The average Bonchev–Trinajstić information content (AvgIpc) is 3.16. The van der Waals surface area contributed by atoms with Gasteiger partial charge >= 0.3 is 0 Å². The summed E-state index contributed by atoms with van der Waals surface area (Å²) in [5, 5.41) is 2.88. The minimum Gasteiger partial charge on any atom is -0.494 e. The highest BCUT2D eigenvalue weighted by atomic mass is 16.5. The van der Waals surface area contributed by atoms with Gasteiger partial charge in [-0.2, -0.15) is 0 Å². The Balaban J connectivity index is 1.48. The van der Waals surface area contributed by atoms with E-state index in [0.717, 1.165) is 43.0 Å². The van der Waals surface area contributed by atoms with Crippen molar-refractivity contribution in [2.45, 2.75) is 32.6 Å². The Labute approximate surface area is 148 Å². The van der Waals surface area contributed by atoms with Gasteiger partial charge in [-0.25, -0.2) is 0 Å². The molecule has 0 spiro atoms. The zero-order valence-electron chi connectivity index (χ0n) is 14.8. The highest BCUT2D eigenvalue weighted by molar-refractivity contribution is 5.81. The number of nitrogens with zero attached hydrogens (tertiary/aromatic N) is 1. The highest BCUT2D eigenvalue weighted by Gasteiger charge is 2.26. The van der Waals surface area contributed by atoms with Gasteiger partial charge in [0.05, 0.1) is 12.5 Å². The number of hydrogen-bond donors (Lipinski definition) is 1. The van der Waals surface area contributed by atoms with Crippen LogP contribution in [0.5, 0.6) is 11.5 Å². The molecule has 0 bridgehead atoms. The van der Waals surface area contributed by atoms with E-state index in [-0.39, 0.29) is 17.7 Å². The third kappa shape index (κ3) is 4.44. The van der Waals surface area contributed by atoms with Crippen LogP contribution in [0.1, 0.15) is 31.7 Å². The first-order chi connectivity index (χ1) is 12.2. The lowest BCUT2D eigenvalue weighted by Gasteiger charge is -2.25. The summed E-state index contributed by atoms with van der Waals surface area (Å²) < 4.78 is 11.2. The number of rotatable bonds is 6. The van der Waals surface area contributed by atoms with E-state index in [1.165, 1.54) is 0 Å². The Bertz CT molecular complexity index is 626. The minimum absolute atomic E-state index is 0.0540. The second kappa shape index (κ2) is 8.23. The van der Waals surface area contributed by atoms with E-state index in [4.69, 9.17) is 9.47 Å². The van der Waals surface area contributed by atoms with Crippen LogP contribution in [0.3, 0.4) is 0 Å². The number of nitrogens with one attached hydrogen (secondary N) is 1. The topological polar surface area (TPSA) is 67.9 Å². The Hall–Kier alpha value is -2.24. The van der Waals surface area contributed by atoms with Crippen LogP contribution in [-0.4, -0.2) is 49.6 Å². The molecular weight excluding hydrogens is 320 g/mol. The lowest BCUT2D eigenvalue weighted by molar-refractivity contribution is -0.130. The zero-order valence-corrected chi connectivity index (χ0v) is 14.8.